The summed E-state index contributed by atoms with van der Waals surface area (Å²) in [6, 6.07) is 11.7. The van der Waals surface area contributed by atoms with Crippen LogP contribution in [0.4, 0.5) is 0 Å². The Morgan fingerprint density at radius 2 is 1.91 bits per heavy atom. The lowest BCUT2D eigenvalue weighted by Crippen LogP contribution is -2.03. The highest BCUT2D eigenvalue weighted by molar-refractivity contribution is 5.93. The minimum Gasteiger partial charge on any atom is -0.464 e. The highest BCUT2D eigenvalue weighted by Gasteiger charge is 2.21. The predicted octanol–water partition coefficient (Wildman–Crippen LogP) is 3.48. The van der Waals surface area contributed by atoms with Crippen LogP contribution in [0.2, 0.25) is 0 Å². The Morgan fingerprint density at radius 3 is 2.50 bits per heavy atom. The average Bonchev–Trinajstić information content (AvgIpc) is 3.23. The first-order valence-electron chi connectivity index (χ1n) is 7.04. The molecule has 0 aliphatic rings. The van der Waals surface area contributed by atoms with E-state index in [0.717, 1.165) is 11.3 Å². The summed E-state index contributed by atoms with van der Waals surface area (Å²) in [5, 5.41) is 0. The SMILES string of the molecule is CCc1nc(C(=O)OC)c(-c2ccc(-n3cccc3)cc2)o1. The average molecular weight is 296 g/mol. The van der Waals surface area contributed by atoms with Gasteiger partial charge in [-0.05, 0) is 36.4 Å². The van der Waals surface area contributed by atoms with E-state index in [1.54, 1.807) is 0 Å². The Bertz CT molecular complexity index is 771. The molecule has 0 atom stereocenters. The number of hydrogen-bond acceptors (Lipinski definition) is 4. The van der Waals surface area contributed by atoms with Crippen molar-refractivity contribution in [3.8, 4) is 17.0 Å². The van der Waals surface area contributed by atoms with Crippen molar-refractivity contribution in [1.82, 2.24) is 9.55 Å². The molecular formula is C17H16N2O3. The van der Waals surface area contributed by atoms with Crippen LogP contribution in [0.25, 0.3) is 17.0 Å². The molecule has 0 N–H and O–H groups in total. The molecule has 2 heterocycles. The normalized spacial score (nSPS) is 10.6. The van der Waals surface area contributed by atoms with Gasteiger partial charge in [0.25, 0.3) is 0 Å². The Hall–Kier alpha value is -2.82. The van der Waals surface area contributed by atoms with Gasteiger partial charge in [0, 0.05) is 30.1 Å². The number of esters is 1. The third-order valence-corrected chi connectivity index (χ3v) is 3.38. The third kappa shape index (κ3) is 2.53. The van der Waals surface area contributed by atoms with Crippen molar-refractivity contribution in [2.24, 2.45) is 0 Å². The Kier molecular flexibility index (Phi) is 3.78. The van der Waals surface area contributed by atoms with E-state index in [4.69, 9.17) is 9.15 Å². The second-order valence-electron chi connectivity index (χ2n) is 4.77. The van der Waals surface area contributed by atoms with Crippen LogP contribution in [-0.2, 0) is 11.2 Å². The second kappa shape index (κ2) is 5.89. The first-order chi connectivity index (χ1) is 10.7. The van der Waals surface area contributed by atoms with Crippen LogP contribution >= 0.6 is 0 Å². The summed E-state index contributed by atoms with van der Waals surface area (Å²) in [5.74, 6) is 0.473. The van der Waals surface area contributed by atoms with E-state index in [1.807, 2.05) is 60.3 Å². The van der Waals surface area contributed by atoms with Crippen LogP contribution in [0.1, 0.15) is 23.3 Å². The first-order valence-corrected chi connectivity index (χ1v) is 7.04. The smallest absolute Gasteiger partial charge is 0.360 e. The van der Waals surface area contributed by atoms with Gasteiger partial charge in [-0.25, -0.2) is 9.78 Å². The van der Waals surface area contributed by atoms with Crippen LogP contribution in [-0.4, -0.2) is 22.6 Å². The second-order valence-corrected chi connectivity index (χ2v) is 4.77. The van der Waals surface area contributed by atoms with Crippen molar-refractivity contribution in [2.75, 3.05) is 7.11 Å². The molecule has 5 heteroatoms. The molecule has 22 heavy (non-hydrogen) atoms. The molecule has 0 bridgehead atoms. The molecule has 0 unspecified atom stereocenters. The fourth-order valence-electron chi connectivity index (χ4n) is 2.24. The number of carbonyl (C=O) groups excluding carboxylic acids is 1. The number of ether oxygens (including phenoxy) is 1. The maximum absolute atomic E-state index is 11.8. The Labute approximate surface area is 128 Å². The summed E-state index contributed by atoms with van der Waals surface area (Å²) >= 11 is 0. The highest BCUT2D eigenvalue weighted by atomic mass is 16.5. The zero-order valence-electron chi connectivity index (χ0n) is 12.4. The molecule has 0 amide bonds. The van der Waals surface area contributed by atoms with Crippen LogP contribution in [0.5, 0.6) is 0 Å². The van der Waals surface area contributed by atoms with Gasteiger partial charge in [0.2, 0.25) is 0 Å². The number of aryl methyl sites for hydroxylation is 1. The van der Waals surface area contributed by atoms with Crippen molar-refractivity contribution >= 4 is 5.97 Å². The molecule has 3 aromatic rings. The minimum atomic E-state index is -0.493. The van der Waals surface area contributed by atoms with E-state index >= 15 is 0 Å². The molecule has 0 radical (unpaired) electrons. The summed E-state index contributed by atoms with van der Waals surface area (Å²) < 4.78 is 12.5. The minimum absolute atomic E-state index is 0.216. The molecule has 3 rings (SSSR count). The van der Waals surface area contributed by atoms with Gasteiger partial charge in [-0.1, -0.05) is 6.92 Å². The number of nitrogens with zero attached hydrogens (tertiary/aromatic N) is 2. The summed E-state index contributed by atoms with van der Waals surface area (Å²) in [5.41, 5.74) is 2.04. The van der Waals surface area contributed by atoms with E-state index in [0.29, 0.717) is 18.1 Å². The van der Waals surface area contributed by atoms with Gasteiger partial charge < -0.3 is 13.7 Å². The molecule has 0 saturated carbocycles. The van der Waals surface area contributed by atoms with Crippen molar-refractivity contribution in [1.29, 1.82) is 0 Å². The number of carbonyl (C=O) groups is 1. The number of aromatic nitrogens is 2. The monoisotopic (exact) mass is 296 g/mol. The van der Waals surface area contributed by atoms with Crippen molar-refractivity contribution in [3.05, 3.63) is 60.4 Å². The molecule has 112 valence electrons. The topological polar surface area (TPSA) is 57.3 Å². The molecule has 1 aromatic carbocycles. The van der Waals surface area contributed by atoms with Gasteiger partial charge in [-0.3, -0.25) is 0 Å². The maximum atomic E-state index is 11.8. The lowest BCUT2D eigenvalue weighted by atomic mass is 10.1. The summed E-state index contributed by atoms with van der Waals surface area (Å²) in [6.07, 6.45) is 4.56. The van der Waals surface area contributed by atoms with Crippen LogP contribution in [0.3, 0.4) is 0 Å². The van der Waals surface area contributed by atoms with E-state index in [9.17, 15) is 4.79 Å². The zero-order valence-corrected chi connectivity index (χ0v) is 12.4. The Morgan fingerprint density at radius 1 is 1.23 bits per heavy atom. The fourth-order valence-corrected chi connectivity index (χ4v) is 2.24. The van der Waals surface area contributed by atoms with E-state index < -0.39 is 5.97 Å². The van der Waals surface area contributed by atoms with Gasteiger partial charge in [0.1, 0.15) is 0 Å². The molecule has 0 aliphatic heterocycles. The summed E-state index contributed by atoms with van der Waals surface area (Å²) in [4.78, 5) is 16.0. The number of methoxy groups -OCH3 is 1. The largest absolute Gasteiger partial charge is 0.464 e. The number of rotatable bonds is 4. The molecule has 2 aromatic heterocycles. The van der Waals surface area contributed by atoms with Gasteiger partial charge in [-0.15, -0.1) is 0 Å². The lowest BCUT2D eigenvalue weighted by molar-refractivity contribution is 0.0595. The first kappa shape index (κ1) is 14.1. The van der Waals surface area contributed by atoms with Crippen molar-refractivity contribution in [2.45, 2.75) is 13.3 Å². The van der Waals surface area contributed by atoms with Crippen LogP contribution in [0.15, 0.2) is 53.2 Å². The zero-order chi connectivity index (χ0) is 15.5. The predicted molar refractivity (Wildman–Crippen MR) is 82.0 cm³/mol. The van der Waals surface area contributed by atoms with Gasteiger partial charge >= 0.3 is 5.97 Å². The molecule has 0 saturated heterocycles. The highest BCUT2D eigenvalue weighted by Crippen LogP contribution is 2.27. The fraction of sp³-hybridized carbons (Fsp3) is 0.176. The van der Waals surface area contributed by atoms with E-state index in [-0.39, 0.29) is 5.69 Å². The van der Waals surface area contributed by atoms with Gasteiger partial charge in [-0.2, -0.15) is 0 Å². The van der Waals surface area contributed by atoms with E-state index in [1.165, 1.54) is 7.11 Å². The quantitative estimate of drug-likeness (QED) is 0.692. The lowest BCUT2D eigenvalue weighted by Gasteiger charge is -2.04. The van der Waals surface area contributed by atoms with Crippen LogP contribution < -0.4 is 0 Å². The number of hydrogen-bond donors (Lipinski definition) is 0. The van der Waals surface area contributed by atoms with E-state index in [2.05, 4.69) is 4.98 Å². The number of oxazole rings is 1. The van der Waals surface area contributed by atoms with Crippen LogP contribution in [0, 0.1) is 0 Å². The molecule has 0 fully saturated rings. The Balaban J connectivity index is 2.00. The van der Waals surface area contributed by atoms with Gasteiger partial charge in [0.05, 0.1) is 7.11 Å². The van der Waals surface area contributed by atoms with Gasteiger partial charge in [0.15, 0.2) is 17.3 Å². The maximum Gasteiger partial charge on any atom is 0.360 e. The molecule has 0 spiro atoms. The van der Waals surface area contributed by atoms with Crippen molar-refractivity contribution < 1.29 is 13.9 Å². The third-order valence-electron chi connectivity index (χ3n) is 3.38. The molecule has 0 aliphatic carbocycles. The molecule has 5 nitrogen and oxygen atoms in total. The standard InChI is InChI=1S/C17H16N2O3/c1-3-14-18-15(17(20)21-2)16(22-14)12-6-8-13(9-7-12)19-10-4-5-11-19/h4-11H,3H2,1-2H3. The molecular weight excluding hydrogens is 280 g/mol. The summed E-state index contributed by atoms with van der Waals surface area (Å²) in [6.45, 7) is 1.92. The summed E-state index contributed by atoms with van der Waals surface area (Å²) in [7, 11) is 1.33. The van der Waals surface area contributed by atoms with Crippen molar-refractivity contribution in [3.63, 3.8) is 0 Å². The number of benzene rings is 1.